The van der Waals surface area contributed by atoms with Gasteiger partial charge in [-0.2, -0.15) is 0 Å². The molecule has 142 valence electrons. The fourth-order valence-corrected chi connectivity index (χ4v) is 5.41. The van der Waals surface area contributed by atoms with Crippen LogP contribution in [0.1, 0.15) is 48.5 Å². The number of hydrogen-bond acceptors (Lipinski definition) is 7. The number of hydrogen-bond donors (Lipinski definition) is 2. The maximum absolute atomic E-state index is 5.82. The van der Waals surface area contributed by atoms with Gasteiger partial charge in [0.05, 0.1) is 5.67 Å². The second-order valence-electron chi connectivity index (χ2n) is 4.83. The van der Waals surface area contributed by atoms with Gasteiger partial charge in [0.1, 0.15) is 0 Å². The highest BCUT2D eigenvalue weighted by Gasteiger charge is 2.44. The van der Waals surface area contributed by atoms with E-state index in [1.165, 1.54) is 0 Å². The van der Waals surface area contributed by atoms with Crippen LogP contribution in [0.15, 0.2) is 0 Å². The molecule has 4 N–H and O–H groups in total. The topological polar surface area (TPSA) is 98.2 Å². The molecule has 2 atom stereocenters. The molecule has 0 saturated heterocycles. The van der Waals surface area contributed by atoms with Crippen molar-refractivity contribution in [2.45, 2.75) is 59.8 Å². The summed E-state index contributed by atoms with van der Waals surface area (Å²) in [5.41, 5.74) is 11.3. The van der Waals surface area contributed by atoms with Gasteiger partial charge in [0.15, 0.2) is 0 Å². The van der Waals surface area contributed by atoms with Crippen molar-refractivity contribution in [2.24, 2.45) is 11.5 Å². The smallest absolute Gasteiger partial charge is 0.396 e. The van der Waals surface area contributed by atoms with Crippen LogP contribution in [-0.2, 0) is 22.1 Å². The Bertz CT molecular complexity index is 238. The molecule has 0 amide bonds. The van der Waals surface area contributed by atoms with Gasteiger partial charge in [0, 0.05) is 38.7 Å². The van der Waals surface area contributed by atoms with Crippen molar-refractivity contribution in [2.75, 3.05) is 33.0 Å². The Balaban J connectivity index is 0. The Morgan fingerprint density at radius 2 is 1.09 bits per heavy atom. The van der Waals surface area contributed by atoms with Crippen molar-refractivity contribution in [3.8, 4) is 0 Å². The molecule has 2 unspecified atom stereocenters. The fourth-order valence-electron chi connectivity index (χ4n) is 1.80. The first-order chi connectivity index (χ1) is 10.8. The first-order valence-electron chi connectivity index (χ1n) is 8.51. The summed E-state index contributed by atoms with van der Waals surface area (Å²) < 4.78 is 27.3. The normalized spacial score (nSPS) is 14.3. The molecule has 23 heavy (non-hydrogen) atoms. The molecular formula is C14H38N2O5Si2. The average molecular weight is 371 g/mol. The lowest BCUT2D eigenvalue weighted by Gasteiger charge is -2.31. The summed E-state index contributed by atoms with van der Waals surface area (Å²) in [6.45, 7) is 16.6. The first-order valence-corrected chi connectivity index (χ1v) is 11.9. The molecule has 0 aliphatic rings. The average Bonchev–Trinajstić information content (AvgIpc) is 2.48. The molecule has 0 heterocycles. The molecule has 0 saturated carbocycles. The SMILES string of the molecule is CCO[SiH](OCC)C(C)N.CCO[Si](OCC)(OCC)C(C)N. The molecule has 0 radical (unpaired) electrons. The van der Waals surface area contributed by atoms with Crippen molar-refractivity contribution in [1.82, 2.24) is 0 Å². The molecule has 0 bridgehead atoms. The standard InChI is InChI=1S/C8H21NO3Si.C6H17NO2Si/c1-5-10-13(8(4)9,11-6-2)12-7-3;1-4-8-10(6(3)7)9-5-2/h8H,5-7,9H2,1-4H3;6,10H,4-5,7H2,1-3H3. The van der Waals surface area contributed by atoms with Crippen molar-refractivity contribution in [3.05, 3.63) is 0 Å². The molecule has 0 aromatic carbocycles. The predicted octanol–water partition coefficient (Wildman–Crippen LogP) is 1.09. The summed E-state index contributed by atoms with van der Waals surface area (Å²) in [5.74, 6) is 0. The number of rotatable bonds is 12. The van der Waals surface area contributed by atoms with E-state index in [1.54, 1.807) is 0 Å². The Labute approximate surface area is 145 Å². The molecule has 0 aromatic rings. The van der Waals surface area contributed by atoms with E-state index < -0.39 is 18.1 Å². The Morgan fingerprint density at radius 3 is 1.26 bits per heavy atom. The van der Waals surface area contributed by atoms with E-state index in [-0.39, 0.29) is 11.3 Å². The van der Waals surface area contributed by atoms with Gasteiger partial charge in [0.25, 0.3) is 0 Å². The Kier molecular flexibility index (Phi) is 17.3. The van der Waals surface area contributed by atoms with Crippen LogP contribution in [0.5, 0.6) is 0 Å². The maximum atomic E-state index is 5.82. The summed E-state index contributed by atoms with van der Waals surface area (Å²) in [7, 11) is -4.12. The van der Waals surface area contributed by atoms with Crippen molar-refractivity contribution < 1.29 is 22.1 Å². The minimum absolute atomic E-state index is 0.0832. The second-order valence-corrected chi connectivity index (χ2v) is 10.3. The fraction of sp³-hybridized carbons (Fsp3) is 1.00. The second kappa shape index (κ2) is 15.7. The zero-order valence-corrected chi connectivity index (χ0v) is 18.1. The van der Waals surface area contributed by atoms with Gasteiger partial charge < -0.3 is 33.6 Å². The maximum Gasteiger partial charge on any atom is 0.518 e. The van der Waals surface area contributed by atoms with Crippen LogP contribution in [0.2, 0.25) is 0 Å². The summed E-state index contributed by atoms with van der Waals surface area (Å²) in [6.07, 6.45) is 0. The van der Waals surface area contributed by atoms with E-state index in [4.69, 9.17) is 33.6 Å². The molecule has 7 nitrogen and oxygen atoms in total. The summed E-state index contributed by atoms with van der Waals surface area (Å²) in [5, 5.41) is 0. The third-order valence-corrected chi connectivity index (χ3v) is 8.06. The van der Waals surface area contributed by atoms with E-state index in [2.05, 4.69) is 0 Å². The zero-order chi connectivity index (χ0) is 18.3. The molecule has 0 aromatic heterocycles. The van der Waals surface area contributed by atoms with Crippen LogP contribution in [-0.4, -0.2) is 62.5 Å². The monoisotopic (exact) mass is 370 g/mol. The van der Waals surface area contributed by atoms with Crippen molar-refractivity contribution in [3.63, 3.8) is 0 Å². The van der Waals surface area contributed by atoms with Crippen LogP contribution in [0.4, 0.5) is 0 Å². The van der Waals surface area contributed by atoms with Crippen LogP contribution < -0.4 is 11.5 Å². The van der Waals surface area contributed by atoms with Crippen LogP contribution in [0.25, 0.3) is 0 Å². The highest BCUT2D eigenvalue weighted by molar-refractivity contribution is 6.62. The van der Waals surface area contributed by atoms with Gasteiger partial charge in [-0.1, -0.05) is 0 Å². The van der Waals surface area contributed by atoms with Crippen molar-refractivity contribution in [1.29, 1.82) is 0 Å². The van der Waals surface area contributed by atoms with E-state index in [1.807, 2.05) is 48.5 Å². The zero-order valence-electron chi connectivity index (χ0n) is 16.0. The van der Waals surface area contributed by atoms with E-state index >= 15 is 0 Å². The van der Waals surface area contributed by atoms with Crippen LogP contribution in [0.3, 0.4) is 0 Å². The van der Waals surface area contributed by atoms with E-state index in [0.29, 0.717) is 33.0 Å². The molecule has 9 heteroatoms. The highest BCUT2D eigenvalue weighted by Crippen LogP contribution is 2.13. The largest absolute Gasteiger partial charge is 0.518 e. The Morgan fingerprint density at radius 1 is 0.739 bits per heavy atom. The lowest BCUT2D eigenvalue weighted by molar-refractivity contribution is 0.0640. The third kappa shape index (κ3) is 11.4. The van der Waals surface area contributed by atoms with Crippen LogP contribution >= 0.6 is 0 Å². The van der Waals surface area contributed by atoms with Gasteiger partial charge >= 0.3 is 18.1 Å². The van der Waals surface area contributed by atoms with Gasteiger partial charge in [-0.15, -0.1) is 0 Å². The molecule has 0 rings (SSSR count). The molecular weight excluding hydrogens is 332 g/mol. The quantitative estimate of drug-likeness (QED) is 0.496. The minimum atomic E-state index is -2.60. The minimum Gasteiger partial charge on any atom is -0.396 e. The summed E-state index contributed by atoms with van der Waals surface area (Å²) in [6, 6.07) is 0. The highest BCUT2D eigenvalue weighted by atomic mass is 28.4. The van der Waals surface area contributed by atoms with Gasteiger partial charge in [-0.25, -0.2) is 0 Å². The predicted molar refractivity (Wildman–Crippen MR) is 98.3 cm³/mol. The van der Waals surface area contributed by atoms with E-state index in [0.717, 1.165) is 0 Å². The Hall–Kier alpha value is 0.154. The van der Waals surface area contributed by atoms with Crippen molar-refractivity contribution >= 4 is 18.1 Å². The summed E-state index contributed by atoms with van der Waals surface area (Å²) in [4.78, 5) is 0. The lowest BCUT2D eigenvalue weighted by atomic mass is 10.8. The van der Waals surface area contributed by atoms with Gasteiger partial charge in [-0.3, -0.25) is 0 Å². The third-order valence-electron chi connectivity index (χ3n) is 2.69. The number of nitrogens with two attached hydrogens (primary N) is 2. The van der Waals surface area contributed by atoms with Crippen LogP contribution in [0, 0.1) is 0 Å². The van der Waals surface area contributed by atoms with E-state index in [9.17, 15) is 0 Å². The first kappa shape index (κ1) is 25.4. The molecule has 0 aliphatic carbocycles. The lowest BCUT2D eigenvalue weighted by Crippen LogP contribution is -2.59. The molecule has 0 spiro atoms. The van der Waals surface area contributed by atoms with Gasteiger partial charge in [-0.05, 0) is 48.5 Å². The molecule has 0 fully saturated rings. The molecule has 0 aliphatic heterocycles. The van der Waals surface area contributed by atoms with Gasteiger partial charge in [0.2, 0.25) is 0 Å². The summed E-state index contributed by atoms with van der Waals surface area (Å²) >= 11 is 0.